The monoisotopic (exact) mass is 353 g/mol. The lowest BCUT2D eigenvalue weighted by Crippen LogP contribution is -2.03. The van der Waals surface area contributed by atoms with Crippen molar-refractivity contribution >= 4 is 15.9 Å². The molecule has 3 nitrogen and oxygen atoms in total. The van der Waals surface area contributed by atoms with Gasteiger partial charge in [-0.15, -0.1) is 0 Å². The molecule has 0 atom stereocenters. The Morgan fingerprint density at radius 1 is 1.10 bits per heavy atom. The molecular weight excluding hydrogens is 337 g/mol. The summed E-state index contributed by atoms with van der Waals surface area (Å²) < 4.78 is 25.0. The summed E-state index contributed by atoms with van der Waals surface area (Å²) in [5.41, 5.74) is 7.38. The van der Waals surface area contributed by atoms with Gasteiger partial charge in [-0.1, -0.05) is 22.0 Å². The standard InChI is InChI=1S/C16H17BrFNO2/c1-20-16-8-11(4-5-19)2-3-15(16)21-10-12-6-13(17)9-14(18)7-12/h2-3,6-9H,4-5,10,19H2,1H3. The topological polar surface area (TPSA) is 44.5 Å². The number of ether oxygens (including phenoxy) is 2. The minimum absolute atomic E-state index is 0.267. The van der Waals surface area contributed by atoms with Crippen LogP contribution in [0.2, 0.25) is 0 Å². The molecule has 0 bridgehead atoms. The summed E-state index contributed by atoms with van der Waals surface area (Å²) in [6.45, 7) is 0.851. The highest BCUT2D eigenvalue weighted by Gasteiger charge is 2.07. The third-order valence-corrected chi connectivity index (χ3v) is 3.44. The second-order valence-electron chi connectivity index (χ2n) is 4.59. The average Bonchev–Trinajstić information content (AvgIpc) is 2.45. The largest absolute Gasteiger partial charge is 0.493 e. The van der Waals surface area contributed by atoms with Crippen molar-refractivity contribution in [1.29, 1.82) is 0 Å². The predicted octanol–water partition coefficient (Wildman–Crippen LogP) is 3.68. The van der Waals surface area contributed by atoms with Crippen molar-refractivity contribution in [3.8, 4) is 11.5 Å². The van der Waals surface area contributed by atoms with Gasteiger partial charge in [0.15, 0.2) is 11.5 Å². The number of rotatable bonds is 6. The van der Waals surface area contributed by atoms with Gasteiger partial charge in [0.1, 0.15) is 12.4 Å². The van der Waals surface area contributed by atoms with Gasteiger partial charge in [-0.05, 0) is 54.4 Å². The number of hydrogen-bond donors (Lipinski definition) is 1. The maximum Gasteiger partial charge on any atom is 0.161 e. The van der Waals surface area contributed by atoms with Crippen molar-refractivity contribution in [3.05, 3.63) is 57.8 Å². The zero-order chi connectivity index (χ0) is 15.2. The fraction of sp³-hybridized carbons (Fsp3) is 0.250. The molecule has 112 valence electrons. The van der Waals surface area contributed by atoms with Crippen LogP contribution in [0.4, 0.5) is 4.39 Å². The fourth-order valence-corrected chi connectivity index (χ4v) is 2.52. The van der Waals surface area contributed by atoms with Crippen LogP contribution in [0.3, 0.4) is 0 Å². The normalized spacial score (nSPS) is 10.5. The lowest BCUT2D eigenvalue weighted by molar-refractivity contribution is 0.284. The van der Waals surface area contributed by atoms with Crippen molar-refractivity contribution in [3.63, 3.8) is 0 Å². The van der Waals surface area contributed by atoms with Crippen LogP contribution >= 0.6 is 15.9 Å². The first-order chi connectivity index (χ1) is 10.1. The molecule has 2 N–H and O–H groups in total. The number of hydrogen-bond acceptors (Lipinski definition) is 3. The molecule has 0 fully saturated rings. The molecule has 0 radical (unpaired) electrons. The molecule has 0 spiro atoms. The van der Waals surface area contributed by atoms with Gasteiger partial charge in [-0.2, -0.15) is 0 Å². The SMILES string of the molecule is COc1cc(CCN)ccc1OCc1cc(F)cc(Br)c1. The first-order valence-corrected chi connectivity index (χ1v) is 7.36. The third-order valence-electron chi connectivity index (χ3n) is 2.98. The summed E-state index contributed by atoms with van der Waals surface area (Å²) in [4.78, 5) is 0. The van der Waals surface area contributed by atoms with E-state index in [9.17, 15) is 4.39 Å². The first kappa shape index (κ1) is 15.8. The van der Waals surface area contributed by atoms with Gasteiger partial charge in [-0.25, -0.2) is 4.39 Å². The van der Waals surface area contributed by atoms with E-state index in [4.69, 9.17) is 15.2 Å². The highest BCUT2D eigenvalue weighted by atomic mass is 79.9. The molecule has 0 unspecified atom stereocenters. The quantitative estimate of drug-likeness (QED) is 0.861. The molecule has 0 heterocycles. The number of benzene rings is 2. The molecule has 0 aliphatic carbocycles. The molecule has 2 aromatic carbocycles. The Kier molecular flexibility index (Phi) is 5.59. The molecule has 21 heavy (non-hydrogen) atoms. The summed E-state index contributed by atoms with van der Waals surface area (Å²) in [7, 11) is 1.59. The lowest BCUT2D eigenvalue weighted by atomic mass is 10.1. The van der Waals surface area contributed by atoms with E-state index < -0.39 is 0 Å². The third kappa shape index (κ3) is 4.44. The van der Waals surface area contributed by atoms with Gasteiger partial charge in [-0.3, -0.25) is 0 Å². The van der Waals surface area contributed by atoms with E-state index in [2.05, 4.69) is 15.9 Å². The van der Waals surface area contributed by atoms with Crippen LogP contribution in [0.5, 0.6) is 11.5 Å². The van der Waals surface area contributed by atoms with E-state index in [1.54, 1.807) is 7.11 Å². The van der Waals surface area contributed by atoms with Gasteiger partial charge < -0.3 is 15.2 Å². The van der Waals surface area contributed by atoms with Crippen LogP contribution in [0.15, 0.2) is 40.9 Å². The average molecular weight is 354 g/mol. The summed E-state index contributed by atoms with van der Waals surface area (Å²) in [5, 5.41) is 0. The van der Waals surface area contributed by atoms with Gasteiger partial charge in [0.2, 0.25) is 0 Å². The van der Waals surface area contributed by atoms with E-state index in [0.29, 0.717) is 22.5 Å². The number of halogens is 2. The molecule has 0 aromatic heterocycles. The minimum Gasteiger partial charge on any atom is -0.493 e. The predicted molar refractivity (Wildman–Crippen MR) is 84.2 cm³/mol. The Morgan fingerprint density at radius 3 is 2.57 bits per heavy atom. The highest BCUT2D eigenvalue weighted by molar-refractivity contribution is 9.10. The molecule has 0 saturated carbocycles. The van der Waals surface area contributed by atoms with Crippen molar-refractivity contribution in [1.82, 2.24) is 0 Å². The van der Waals surface area contributed by atoms with Crippen LogP contribution in [0, 0.1) is 5.82 Å². The van der Waals surface area contributed by atoms with E-state index in [-0.39, 0.29) is 12.4 Å². The second-order valence-corrected chi connectivity index (χ2v) is 5.51. The van der Waals surface area contributed by atoms with E-state index in [1.807, 2.05) is 24.3 Å². The smallest absolute Gasteiger partial charge is 0.161 e. The van der Waals surface area contributed by atoms with Crippen molar-refractivity contribution in [2.45, 2.75) is 13.0 Å². The molecule has 5 heteroatoms. The first-order valence-electron chi connectivity index (χ1n) is 6.57. The van der Waals surface area contributed by atoms with Crippen LogP contribution < -0.4 is 15.2 Å². The summed E-state index contributed by atoms with van der Waals surface area (Å²) >= 11 is 3.26. The molecular formula is C16H17BrFNO2. The van der Waals surface area contributed by atoms with Crippen molar-refractivity contribution in [2.75, 3.05) is 13.7 Å². The molecule has 2 aromatic rings. The Balaban J connectivity index is 2.12. The molecule has 0 amide bonds. The lowest BCUT2D eigenvalue weighted by Gasteiger charge is -2.12. The Labute approximate surface area is 132 Å². The summed E-state index contributed by atoms with van der Waals surface area (Å²) in [6, 6.07) is 10.4. The van der Waals surface area contributed by atoms with Gasteiger partial charge in [0.25, 0.3) is 0 Å². The van der Waals surface area contributed by atoms with Gasteiger partial charge in [0.05, 0.1) is 7.11 Å². The highest BCUT2D eigenvalue weighted by Crippen LogP contribution is 2.29. The fourth-order valence-electron chi connectivity index (χ4n) is 2.01. The zero-order valence-corrected chi connectivity index (χ0v) is 13.3. The number of methoxy groups -OCH3 is 1. The molecule has 0 saturated heterocycles. The van der Waals surface area contributed by atoms with E-state index in [1.165, 1.54) is 12.1 Å². The Morgan fingerprint density at radius 2 is 1.90 bits per heavy atom. The van der Waals surface area contributed by atoms with Gasteiger partial charge >= 0.3 is 0 Å². The summed E-state index contributed by atoms with van der Waals surface area (Å²) in [6.07, 6.45) is 0.785. The van der Waals surface area contributed by atoms with E-state index in [0.717, 1.165) is 17.5 Å². The Hall–Kier alpha value is -1.59. The molecule has 0 aliphatic rings. The minimum atomic E-state index is -0.298. The van der Waals surface area contributed by atoms with Gasteiger partial charge in [0, 0.05) is 4.47 Å². The molecule has 0 aliphatic heterocycles. The Bertz CT molecular complexity index is 599. The van der Waals surface area contributed by atoms with Crippen LogP contribution in [0.25, 0.3) is 0 Å². The van der Waals surface area contributed by atoms with Crippen LogP contribution in [-0.4, -0.2) is 13.7 Å². The molecule has 2 rings (SSSR count). The summed E-state index contributed by atoms with van der Waals surface area (Å²) in [5.74, 6) is 0.975. The van der Waals surface area contributed by atoms with Crippen LogP contribution in [-0.2, 0) is 13.0 Å². The van der Waals surface area contributed by atoms with Crippen molar-refractivity contribution in [2.24, 2.45) is 5.73 Å². The number of nitrogens with two attached hydrogens (primary N) is 1. The maximum atomic E-state index is 13.3. The van der Waals surface area contributed by atoms with E-state index >= 15 is 0 Å². The van der Waals surface area contributed by atoms with Crippen LogP contribution in [0.1, 0.15) is 11.1 Å². The second kappa shape index (κ2) is 7.43. The zero-order valence-electron chi connectivity index (χ0n) is 11.7. The maximum absolute atomic E-state index is 13.3. The van der Waals surface area contributed by atoms with Crippen molar-refractivity contribution < 1.29 is 13.9 Å².